The standard InChI is InChI=1S/C21H28N4O4/c1-21(2,19(22)26)14-24-20(23-9-8-16-5-3-10-27-16)25-15-6-7-17-18(13-15)29-12-4-11-28-17/h3,5-7,10,13H,4,8-9,11-12,14H2,1-2H3,(H2,22,26)(H2,23,24,25). The van der Waals surface area contributed by atoms with Crippen molar-refractivity contribution in [3.63, 3.8) is 0 Å². The predicted octanol–water partition coefficient (Wildman–Crippen LogP) is 2.55. The van der Waals surface area contributed by atoms with Crippen LogP contribution in [0.1, 0.15) is 26.0 Å². The molecule has 1 aliphatic heterocycles. The molecule has 1 aliphatic rings. The van der Waals surface area contributed by atoms with Crippen molar-refractivity contribution < 1.29 is 18.7 Å². The molecule has 0 aliphatic carbocycles. The van der Waals surface area contributed by atoms with Crippen LogP contribution in [-0.4, -0.2) is 38.2 Å². The average Bonchev–Trinajstić information content (AvgIpc) is 3.09. The van der Waals surface area contributed by atoms with Crippen LogP contribution < -0.4 is 25.8 Å². The highest BCUT2D eigenvalue weighted by Crippen LogP contribution is 2.32. The molecule has 0 bridgehead atoms. The molecular formula is C21H28N4O4. The minimum atomic E-state index is -0.750. The third-order valence-corrected chi connectivity index (χ3v) is 4.55. The highest BCUT2D eigenvalue weighted by Gasteiger charge is 2.24. The van der Waals surface area contributed by atoms with Crippen LogP contribution in [0, 0.1) is 5.41 Å². The number of nitrogens with one attached hydrogen (secondary N) is 2. The zero-order valence-corrected chi connectivity index (χ0v) is 16.9. The van der Waals surface area contributed by atoms with Gasteiger partial charge in [-0.25, -0.2) is 0 Å². The number of aliphatic imine (C=N–C) groups is 1. The molecule has 8 heteroatoms. The van der Waals surface area contributed by atoms with Gasteiger partial charge in [0.05, 0.1) is 31.4 Å². The second kappa shape index (κ2) is 9.36. The van der Waals surface area contributed by atoms with Gasteiger partial charge in [0.2, 0.25) is 5.91 Å². The van der Waals surface area contributed by atoms with Crippen LogP contribution in [0.4, 0.5) is 5.69 Å². The molecule has 0 fully saturated rings. The fourth-order valence-electron chi connectivity index (χ4n) is 2.63. The second-order valence-electron chi connectivity index (χ2n) is 7.51. The molecule has 1 amide bonds. The number of furan rings is 1. The number of guanidine groups is 1. The molecule has 0 radical (unpaired) electrons. The molecule has 29 heavy (non-hydrogen) atoms. The van der Waals surface area contributed by atoms with Crippen molar-refractivity contribution in [3.8, 4) is 11.5 Å². The third kappa shape index (κ3) is 5.91. The van der Waals surface area contributed by atoms with E-state index >= 15 is 0 Å². The van der Waals surface area contributed by atoms with Crippen LogP contribution in [0.25, 0.3) is 0 Å². The van der Waals surface area contributed by atoms with Crippen molar-refractivity contribution in [2.45, 2.75) is 26.7 Å². The van der Waals surface area contributed by atoms with Gasteiger partial charge in [0.25, 0.3) is 0 Å². The molecule has 0 saturated carbocycles. The number of hydrogen-bond acceptors (Lipinski definition) is 5. The number of benzene rings is 1. The highest BCUT2D eigenvalue weighted by atomic mass is 16.5. The van der Waals surface area contributed by atoms with Crippen molar-refractivity contribution in [1.82, 2.24) is 5.32 Å². The van der Waals surface area contributed by atoms with E-state index in [0.29, 0.717) is 37.9 Å². The first kappa shape index (κ1) is 20.6. The second-order valence-corrected chi connectivity index (χ2v) is 7.51. The van der Waals surface area contributed by atoms with Crippen molar-refractivity contribution in [1.29, 1.82) is 0 Å². The fraction of sp³-hybridized carbons (Fsp3) is 0.429. The summed E-state index contributed by atoms with van der Waals surface area (Å²) >= 11 is 0. The molecule has 2 heterocycles. The number of nitrogens with zero attached hydrogens (tertiary/aromatic N) is 1. The lowest BCUT2D eigenvalue weighted by Crippen LogP contribution is -2.37. The molecule has 1 aromatic heterocycles. The minimum Gasteiger partial charge on any atom is -0.490 e. The first-order valence-electron chi connectivity index (χ1n) is 9.71. The van der Waals surface area contributed by atoms with Crippen molar-refractivity contribution in [3.05, 3.63) is 42.4 Å². The lowest BCUT2D eigenvalue weighted by Gasteiger charge is -2.19. The van der Waals surface area contributed by atoms with Gasteiger partial charge in [-0.15, -0.1) is 0 Å². The van der Waals surface area contributed by atoms with E-state index in [1.54, 1.807) is 20.1 Å². The van der Waals surface area contributed by atoms with Crippen molar-refractivity contribution in [2.24, 2.45) is 16.1 Å². The summed E-state index contributed by atoms with van der Waals surface area (Å²) in [5, 5.41) is 6.53. The first-order valence-corrected chi connectivity index (χ1v) is 9.71. The fourth-order valence-corrected chi connectivity index (χ4v) is 2.63. The Morgan fingerprint density at radius 1 is 1.21 bits per heavy atom. The van der Waals surface area contributed by atoms with Gasteiger partial charge in [-0.1, -0.05) is 0 Å². The Bertz CT molecular complexity index is 846. The molecular weight excluding hydrogens is 372 g/mol. The number of amides is 1. The van der Waals surface area contributed by atoms with Crippen LogP contribution in [-0.2, 0) is 11.2 Å². The number of nitrogens with two attached hydrogens (primary N) is 1. The Labute approximate surface area is 170 Å². The number of carbonyl (C=O) groups is 1. The summed E-state index contributed by atoms with van der Waals surface area (Å²) in [6.45, 7) is 5.66. The molecule has 0 atom stereocenters. The van der Waals surface area contributed by atoms with E-state index in [1.165, 1.54) is 0 Å². The number of ether oxygens (including phenoxy) is 2. The molecule has 4 N–H and O–H groups in total. The Balaban J connectivity index is 1.71. The van der Waals surface area contributed by atoms with Gasteiger partial charge in [0, 0.05) is 31.1 Å². The molecule has 0 unspecified atom stereocenters. The van der Waals surface area contributed by atoms with Gasteiger partial charge in [0.15, 0.2) is 17.5 Å². The number of anilines is 1. The van der Waals surface area contributed by atoms with Gasteiger partial charge in [0.1, 0.15) is 5.76 Å². The van der Waals surface area contributed by atoms with Crippen LogP contribution in [0.5, 0.6) is 11.5 Å². The summed E-state index contributed by atoms with van der Waals surface area (Å²) in [6.07, 6.45) is 3.20. The molecule has 3 rings (SSSR count). The van der Waals surface area contributed by atoms with Crippen LogP contribution in [0.3, 0.4) is 0 Å². The molecule has 2 aromatic rings. The van der Waals surface area contributed by atoms with Gasteiger partial charge < -0.3 is 30.3 Å². The summed E-state index contributed by atoms with van der Waals surface area (Å²) in [4.78, 5) is 16.2. The summed E-state index contributed by atoms with van der Waals surface area (Å²) in [5.41, 5.74) is 5.52. The molecule has 0 saturated heterocycles. The van der Waals surface area contributed by atoms with Gasteiger partial charge >= 0.3 is 0 Å². The summed E-state index contributed by atoms with van der Waals surface area (Å²) in [5.74, 6) is 2.45. The third-order valence-electron chi connectivity index (χ3n) is 4.55. The minimum absolute atomic E-state index is 0.253. The summed E-state index contributed by atoms with van der Waals surface area (Å²) < 4.78 is 16.8. The Morgan fingerprint density at radius 3 is 2.72 bits per heavy atom. The van der Waals surface area contributed by atoms with Crippen molar-refractivity contribution in [2.75, 3.05) is 31.6 Å². The Morgan fingerprint density at radius 2 is 2.00 bits per heavy atom. The highest BCUT2D eigenvalue weighted by molar-refractivity contribution is 5.94. The number of hydrogen-bond donors (Lipinski definition) is 3. The number of fused-ring (bicyclic) bond motifs is 1. The van der Waals surface area contributed by atoms with E-state index in [-0.39, 0.29) is 6.54 Å². The topological polar surface area (TPSA) is 111 Å². The molecule has 156 valence electrons. The van der Waals surface area contributed by atoms with Crippen LogP contribution in [0.2, 0.25) is 0 Å². The van der Waals surface area contributed by atoms with Gasteiger partial charge in [-0.2, -0.15) is 0 Å². The summed E-state index contributed by atoms with van der Waals surface area (Å²) in [7, 11) is 0. The largest absolute Gasteiger partial charge is 0.490 e. The molecule has 1 aromatic carbocycles. The first-order chi connectivity index (χ1) is 13.9. The Hall–Kier alpha value is -3.16. The number of primary amides is 1. The van der Waals surface area contributed by atoms with Crippen LogP contribution in [0.15, 0.2) is 46.0 Å². The molecule has 8 nitrogen and oxygen atoms in total. The zero-order chi connectivity index (χ0) is 20.7. The average molecular weight is 400 g/mol. The van der Waals surface area contributed by atoms with Gasteiger partial charge in [-0.3, -0.25) is 9.79 Å². The number of carbonyl (C=O) groups excluding carboxylic acids is 1. The van der Waals surface area contributed by atoms with Crippen LogP contribution >= 0.6 is 0 Å². The zero-order valence-electron chi connectivity index (χ0n) is 16.9. The quantitative estimate of drug-likeness (QED) is 0.487. The van der Waals surface area contributed by atoms with E-state index in [9.17, 15) is 4.79 Å². The maximum atomic E-state index is 11.6. The smallest absolute Gasteiger partial charge is 0.224 e. The van der Waals surface area contributed by atoms with E-state index in [0.717, 1.165) is 23.6 Å². The monoisotopic (exact) mass is 400 g/mol. The summed E-state index contributed by atoms with van der Waals surface area (Å²) in [6, 6.07) is 9.43. The maximum absolute atomic E-state index is 11.6. The van der Waals surface area contributed by atoms with E-state index in [2.05, 4.69) is 15.6 Å². The lowest BCUT2D eigenvalue weighted by molar-refractivity contribution is -0.125. The normalized spacial score (nSPS) is 14.2. The SMILES string of the molecule is CC(C)(CN=C(NCCc1ccco1)Nc1ccc2c(c1)OCCCO2)C(N)=O. The van der Waals surface area contributed by atoms with E-state index in [4.69, 9.17) is 19.6 Å². The van der Waals surface area contributed by atoms with E-state index < -0.39 is 11.3 Å². The predicted molar refractivity (Wildman–Crippen MR) is 111 cm³/mol. The maximum Gasteiger partial charge on any atom is 0.224 e. The number of rotatable bonds is 7. The lowest BCUT2D eigenvalue weighted by atomic mass is 9.93. The Kier molecular flexibility index (Phi) is 6.64. The van der Waals surface area contributed by atoms with E-state index in [1.807, 2.05) is 30.3 Å². The van der Waals surface area contributed by atoms with Crippen molar-refractivity contribution >= 4 is 17.6 Å². The molecule has 0 spiro atoms. The van der Waals surface area contributed by atoms with Gasteiger partial charge in [-0.05, 0) is 38.1 Å².